The third kappa shape index (κ3) is 18.4. The number of nitrogens with zero attached hydrogens (tertiary/aromatic N) is 2. The van der Waals surface area contributed by atoms with Gasteiger partial charge in [0.05, 0.1) is 17.1 Å². The largest absolute Gasteiger partial charge is 0.255 e. The van der Waals surface area contributed by atoms with Gasteiger partial charge in [0.15, 0.2) is 0 Å². The summed E-state index contributed by atoms with van der Waals surface area (Å²) < 4.78 is 0. The number of hydrogen-bond acceptors (Lipinski definition) is 2. The van der Waals surface area contributed by atoms with Crippen molar-refractivity contribution in [3.63, 3.8) is 0 Å². The second-order valence-corrected chi connectivity index (χ2v) is 13.1. The van der Waals surface area contributed by atoms with Crippen LogP contribution in [0.3, 0.4) is 0 Å². The summed E-state index contributed by atoms with van der Waals surface area (Å²) in [4.78, 5) is 10.3. The van der Waals surface area contributed by atoms with Gasteiger partial charge in [-0.15, -0.1) is 0 Å². The predicted octanol–water partition coefficient (Wildman–Crippen LogP) is 13.8. The zero-order valence-electron chi connectivity index (χ0n) is 30.0. The predicted molar refractivity (Wildman–Crippen MR) is 199 cm³/mol. The monoisotopic (exact) mass is 706 g/mol. The summed E-state index contributed by atoms with van der Waals surface area (Å²) in [6.45, 7) is 11.5. The molecule has 0 saturated heterocycles. The molecule has 0 amide bonds. The van der Waals surface area contributed by atoms with E-state index in [-0.39, 0.29) is 20.4 Å². The fraction of sp³-hybridized carbons (Fsp3) is 0.667. The zero-order valence-corrected chi connectivity index (χ0v) is 31.6. The third-order valence-electron chi connectivity index (χ3n) is 9.00. The molecule has 0 aromatic heterocycles. The molecule has 45 heavy (non-hydrogen) atoms. The van der Waals surface area contributed by atoms with Crippen molar-refractivity contribution in [1.82, 2.24) is 0 Å². The van der Waals surface area contributed by atoms with E-state index in [4.69, 9.17) is 9.98 Å². The van der Waals surface area contributed by atoms with Crippen LogP contribution in [0.2, 0.25) is 0 Å². The molecule has 0 fully saturated rings. The molecule has 2 nitrogen and oxygen atoms in total. The van der Waals surface area contributed by atoms with Gasteiger partial charge in [0, 0.05) is 26.6 Å². The van der Waals surface area contributed by atoms with Gasteiger partial charge in [-0.05, 0) is 111 Å². The van der Waals surface area contributed by atoms with Crippen molar-refractivity contribution in [3.8, 4) is 0 Å². The Labute approximate surface area is 293 Å². The molecular formula is C42H68N2Pd. The topological polar surface area (TPSA) is 24.7 Å². The number of rotatable bonds is 26. The summed E-state index contributed by atoms with van der Waals surface area (Å²) in [7, 11) is 0. The summed E-state index contributed by atoms with van der Waals surface area (Å²) in [5.41, 5.74) is 9.40. The summed E-state index contributed by atoms with van der Waals surface area (Å²) in [5.74, 6) is 0. The molecule has 0 aliphatic carbocycles. The first-order valence-electron chi connectivity index (χ1n) is 19.0. The Kier molecular flexibility index (Phi) is 25.4. The maximum absolute atomic E-state index is 5.25. The minimum absolute atomic E-state index is 0. The van der Waals surface area contributed by atoms with Crippen LogP contribution >= 0.6 is 0 Å². The van der Waals surface area contributed by atoms with Gasteiger partial charge in [-0.2, -0.15) is 0 Å². The van der Waals surface area contributed by atoms with Gasteiger partial charge in [0.2, 0.25) is 0 Å². The second-order valence-electron chi connectivity index (χ2n) is 13.1. The first-order chi connectivity index (χ1) is 21.6. The van der Waals surface area contributed by atoms with Crippen LogP contribution in [0.25, 0.3) is 0 Å². The number of aliphatic imine (C=N–C) groups is 2. The average molecular weight is 707 g/mol. The van der Waals surface area contributed by atoms with E-state index in [2.05, 4.69) is 77.2 Å². The minimum Gasteiger partial charge on any atom is -0.255 e. The van der Waals surface area contributed by atoms with Crippen molar-refractivity contribution < 1.29 is 20.4 Å². The Morgan fingerprint density at radius 3 is 1.38 bits per heavy atom. The van der Waals surface area contributed by atoms with Gasteiger partial charge in [-0.25, -0.2) is 0 Å². The quantitative estimate of drug-likeness (QED) is 0.0528. The van der Waals surface area contributed by atoms with Crippen LogP contribution in [0.1, 0.15) is 179 Å². The normalized spacial score (nSPS) is 11.8. The van der Waals surface area contributed by atoms with Crippen LogP contribution in [0, 0.1) is 0 Å². The molecule has 0 saturated carbocycles. The average Bonchev–Trinajstić information content (AvgIpc) is 3.03. The van der Waals surface area contributed by atoms with Gasteiger partial charge < -0.3 is 0 Å². The van der Waals surface area contributed by atoms with Gasteiger partial charge in [0.25, 0.3) is 0 Å². The molecule has 0 aliphatic rings. The van der Waals surface area contributed by atoms with Crippen LogP contribution in [0.5, 0.6) is 0 Å². The fourth-order valence-electron chi connectivity index (χ4n) is 6.14. The Morgan fingerprint density at radius 2 is 0.867 bits per heavy atom. The molecule has 0 spiro atoms. The van der Waals surface area contributed by atoms with Gasteiger partial charge in [-0.1, -0.05) is 130 Å². The number of benzene rings is 2. The fourth-order valence-corrected chi connectivity index (χ4v) is 6.14. The van der Waals surface area contributed by atoms with E-state index in [1.807, 2.05) is 0 Å². The zero-order chi connectivity index (χ0) is 31.7. The first-order valence-corrected chi connectivity index (χ1v) is 19.0. The second kappa shape index (κ2) is 27.5. The molecule has 0 aliphatic heterocycles. The van der Waals surface area contributed by atoms with Crippen molar-refractivity contribution in [3.05, 3.63) is 58.7 Å². The molecule has 0 atom stereocenters. The summed E-state index contributed by atoms with van der Waals surface area (Å²) in [6, 6.07) is 14.0. The van der Waals surface area contributed by atoms with Gasteiger partial charge in [-0.3, -0.25) is 9.98 Å². The van der Waals surface area contributed by atoms with E-state index < -0.39 is 0 Å². The first kappa shape index (κ1) is 41.5. The summed E-state index contributed by atoms with van der Waals surface area (Å²) in [6.07, 6.45) is 31.0. The Balaban J connectivity index is 0.0000101. The van der Waals surface area contributed by atoms with Crippen molar-refractivity contribution in [1.29, 1.82) is 0 Å². The van der Waals surface area contributed by atoms with Crippen LogP contribution in [-0.4, -0.2) is 11.9 Å². The smallest absolute Gasteiger partial charge is 0.0636 e. The Morgan fingerprint density at radius 1 is 0.467 bits per heavy atom. The molecule has 0 N–H and O–H groups in total. The van der Waals surface area contributed by atoms with E-state index in [0.717, 1.165) is 23.5 Å². The van der Waals surface area contributed by atoms with Gasteiger partial charge >= 0.3 is 0 Å². The molecule has 0 radical (unpaired) electrons. The molecule has 0 unspecified atom stereocenters. The molecule has 0 bridgehead atoms. The van der Waals surface area contributed by atoms with Crippen LogP contribution in [-0.2, 0) is 46.1 Å². The minimum atomic E-state index is 0. The summed E-state index contributed by atoms with van der Waals surface area (Å²) in [5, 5.41) is 0. The van der Waals surface area contributed by atoms with Crippen LogP contribution < -0.4 is 0 Å². The van der Waals surface area contributed by atoms with E-state index in [0.29, 0.717) is 0 Å². The number of aryl methyl sites for hydroxylation is 4. The van der Waals surface area contributed by atoms with E-state index in [1.165, 1.54) is 164 Å². The van der Waals surface area contributed by atoms with Crippen molar-refractivity contribution in [2.75, 3.05) is 0 Å². The van der Waals surface area contributed by atoms with Crippen molar-refractivity contribution >= 4 is 23.3 Å². The Bertz CT molecular complexity index is 1070. The third-order valence-corrected chi connectivity index (χ3v) is 9.00. The number of unbranched alkanes of at least 4 members (excludes halogenated alkanes) is 13. The van der Waals surface area contributed by atoms with Crippen LogP contribution in [0.4, 0.5) is 11.4 Å². The van der Waals surface area contributed by atoms with E-state index in [9.17, 15) is 0 Å². The molecule has 256 valence electrons. The molecule has 2 rings (SSSR count). The molecule has 2 aromatic carbocycles. The maximum atomic E-state index is 5.25. The standard InChI is InChI=1S/C42H68N2.Pd/c1-6-11-16-17-18-23-28-42(44-41-32-30-37(25-20-13-8-3)39(34-41)27-22-15-10-5)35-43-40-31-29-36(24-19-12-7-2)38(33-40)26-21-14-9-4;/h29-35H,6-28H2,1-5H3;/b43-35+,44-42+;. The van der Waals surface area contributed by atoms with Gasteiger partial charge in [0.1, 0.15) is 0 Å². The SMILES string of the molecule is CCCCCCCCC(/C=N/c1ccc(CCCCC)c(CCCCC)c1)=N\c1ccc(CCCCC)c(CCCCC)c1.[Pd]. The maximum Gasteiger partial charge on any atom is 0.0636 e. The van der Waals surface area contributed by atoms with E-state index in [1.54, 1.807) is 0 Å². The Hall–Kier alpha value is -1.56. The van der Waals surface area contributed by atoms with Crippen molar-refractivity contribution in [2.45, 2.75) is 182 Å². The number of hydrogen-bond donors (Lipinski definition) is 0. The van der Waals surface area contributed by atoms with Crippen LogP contribution in [0.15, 0.2) is 46.4 Å². The summed E-state index contributed by atoms with van der Waals surface area (Å²) >= 11 is 0. The molecule has 3 heteroatoms. The molecule has 0 heterocycles. The van der Waals surface area contributed by atoms with Crippen molar-refractivity contribution in [2.24, 2.45) is 9.98 Å². The van der Waals surface area contributed by atoms with E-state index >= 15 is 0 Å². The molecule has 2 aromatic rings. The molecular weight excluding hydrogens is 639 g/mol.